The lowest BCUT2D eigenvalue weighted by Gasteiger charge is -2.24. The molecule has 0 aliphatic carbocycles. The second kappa shape index (κ2) is 6.62. The zero-order valence-corrected chi connectivity index (χ0v) is 13.1. The van der Waals surface area contributed by atoms with E-state index in [4.69, 9.17) is 9.47 Å². The number of hydrogen-bond donors (Lipinski definition) is 1. The van der Waals surface area contributed by atoms with Crippen LogP contribution < -0.4 is 14.9 Å². The number of hydrazone groups is 1. The summed E-state index contributed by atoms with van der Waals surface area (Å²) in [5.74, 6) is 0.860. The van der Waals surface area contributed by atoms with E-state index in [0.29, 0.717) is 11.5 Å². The normalized spacial score (nSPS) is 16.5. The molecule has 0 aromatic heterocycles. The van der Waals surface area contributed by atoms with Crippen LogP contribution in [0.2, 0.25) is 0 Å². The van der Waals surface area contributed by atoms with Gasteiger partial charge in [-0.05, 0) is 29.8 Å². The predicted octanol–water partition coefficient (Wildman–Crippen LogP) is 2.74. The summed E-state index contributed by atoms with van der Waals surface area (Å²) in [6, 6.07) is 14.8. The summed E-state index contributed by atoms with van der Waals surface area (Å²) in [6.45, 7) is 0.163. The van der Waals surface area contributed by atoms with Crippen molar-refractivity contribution in [3.63, 3.8) is 0 Å². The molecule has 22 heavy (non-hydrogen) atoms. The Morgan fingerprint density at radius 3 is 2.68 bits per heavy atom. The van der Waals surface area contributed by atoms with Crippen molar-refractivity contribution in [2.45, 2.75) is 6.10 Å². The van der Waals surface area contributed by atoms with Gasteiger partial charge in [-0.3, -0.25) is 4.79 Å². The maximum absolute atomic E-state index is 12.0. The summed E-state index contributed by atoms with van der Waals surface area (Å²) in [5, 5.41) is 3.93. The number of nitrogens with zero attached hydrogens (tertiary/aromatic N) is 1. The number of halogens is 1. The van der Waals surface area contributed by atoms with Crippen molar-refractivity contribution in [1.82, 2.24) is 5.43 Å². The van der Waals surface area contributed by atoms with E-state index >= 15 is 0 Å². The number of nitrogens with one attached hydrogen (secondary N) is 1. The predicted molar refractivity (Wildman–Crippen MR) is 86.2 cm³/mol. The highest BCUT2D eigenvalue weighted by Crippen LogP contribution is 2.30. The Hall–Kier alpha value is -2.34. The van der Waals surface area contributed by atoms with Crippen LogP contribution >= 0.6 is 15.9 Å². The van der Waals surface area contributed by atoms with E-state index < -0.39 is 6.10 Å². The lowest BCUT2D eigenvalue weighted by Crippen LogP contribution is -2.42. The maximum atomic E-state index is 12.0. The maximum Gasteiger partial charge on any atom is 0.284 e. The smallest absolute Gasteiger partial charge is 0.284 e. The third-order valence-corrected chi connectivity index (χ3v) is 3.59. The number of ether oxygens (including phenoxy) is 2. The molecule has 1 heterocycles. The minimum atomic E-state index is -0.711. The summed E-state index contributed by atoms with van der Waals surface area (Å²) in [5.41, 5.74) is 3.34. The Labute approximate surface area is 136 Å². The van der Waals surface area contributed by atoms with Crippen molar-refractivity contribution < 1.29 is 14.3 Å². The Morgan fingerprint density at radius 1 is 1.18 bits per heavy atom. The molecule has 0 saturated heterocycles. The lowest BCUT2D eigenvalue weighted by atomic mass is 10.2. The first-order chi connectivity index (χ1) is 10.7. The first-order valence-electron chi connectivity index (χ1n) is 6.69. The van der Waals surface area contributed by atoms with E-state index in [0.717, 1.165) is 10.0 Å². The van der Waals surface area contributed by atoms with E-state index in [1.807, 2.05) is 36.4 Å². The van der Waals surface area contributed by atoms with Crippen molar-refractivity contribution >= 4 is 28.1 Å². The van der Waals surface area contributed by atoms with E-state index in [1.54, 1.807) is 18.3 Å². The first kappa shape index (κ1) is 14.6. The van der Waals surface area contributed by atoms with Gasteiger partial charge in [0.25, 0.3) is 5.91 Å². The number of carbonyl (C=O) groups excluding carboxylic acids is 1. The molecule has 1 atom stereocenters. The summed E-state index contributed by atoms with van der Waals surface area (Å²) in [7, 11) is 0. The largest absolute Gasteiger partial charge is 0.485 e. The van der Waals surface area contributed by atoms with Crippen LogP contribution in [0.15, 0.2) is 58.1 Å². The minimum absolute atomic E-state index is 0.163. The van der Waals surface area contributed by atoms with Gasteiger partial charge >= 0.3 is 0 Å². The SMILES string of the molecule is O=C(NN=Cc1ccc(Br)cc1)[C@H]1COc2ccccc2O1. The van der Waals surface area contributed by atoms with Crippen LogP contribution in [0, 0.1) is 0 Å². The molecule has 0 bridgehead atoms. The number of hydrogen-bond acceptors (Lipinski definition) is 4. The van der Waals surface area contributed by atoms with Gasteiger partial charge in [-0.25, -0.2) is 5.43 Å². The average molecular weight is 361 g/mol. The molecule has 0 radical (unpaired) electrons. The molecule has 3 rings (SSSR count). The third kappa shape index (κ3) is 3.46. The van der Waals surface area contributed by atoms with Gasteiger partial charge in [0.2, 0.25) is 6.10 Å². The van der Waals surface area contributed by atoms with Crippen LogP contribution in [-0.2, 0) is 4.79 Å². The average Bonchev–Trinajstić information content (AvgIpc) is 2.56. The molecule has 2 aromatic carbocycles. The summed E-state index contributed by atoms with van der Waals surface area (Å²) < 4.78 is 12.1. The van der Waals surface area contributed by atoms with Crippen LogP contribution in [0.4, 0.5) is 0 Å². The van der Waals surface area contributed by atoms with Gasteiger partial charge in [-0.15, -0.1) is 0 Å². The number of rotatable bonds is 3. The van der Waals surface area contributed by atoms with Crippen molar-refractivity contribution in [2.24, 2.45) is 5.10 Å². The molecule has 1 aliphatic rings. The molecular weight excluding hydrogens is 348 g/mol. The molecule has 0 spiro atoms. The molecule has 5 nitrogen and oxygen atoms in total. The molecule has 2 aromatic rings. The molecular formula is C16H13BrN2O3. The molecule has 0 unspecified atom stereocenters. The number of benzene rings is 2. The fourth-order valence-electron chi connectivity index (χ4n) is 1.94. The van der Waals surface area contributed by atoms with Crippen molar-refractivity contribution in [3.05, 3.63) is 58.6 Å². The summed E-state index contributed by atoms with van der Waals surface area (Å²) in [6.07, 6.45) is 0.860. The van der Waals surface area contributed by atoms with E-state index in [1.165, 1.54) is 0 Å². The van der Waals surface area contributed by atoms with Gasteiger partial charge < -0.3 is 9.47 Å². The van der Waals surface area contributed by atoms with Gasteiger partial charge in [-0.1, -0.05) is 40.2 Å². The molecule has 112 valence electrons. The van der Waals surface area contributed by atoms with E-state index in [9.17, 15) is 4.79 Å². The fraction of sp³-hybridized carbons (Fsp3) is 0.125. The van der Waals surface area contributed by atoms with Crippen LogP contribution in [0.1, 0.15) is 5.56 Å². The van der Waals surface area contributed by atoms with Crippen LogP contribution in [-0.4, -0.2) is 24.8 Å². The van der Waals surface area contributed by atoms with Crippen molar-refractivity contribution in [1.29, 1.82) is 0 Å². The number of fused-ring (bicyclic) bond motifs is 1. The van der Waals surface area contributed by atoms with Crippen LogP contribution in [0.3, 0.4) is 0 Å². The Bertz CT molecular complexity index is 701. The lowest BCUT2D eigenvalue weighted by molar-refractivity contribution is -0.130. The van der Waals surface area contributed by atoms with Gasteiger partial charge in [0.15, 0.2) is 11.5 Å². The van der Waals surface area contributed by atoms with Crippen molar-refractivity contribution in [3.8, 4) is 11.5 Å². The van der Waals surface area contributed by atoms with Gasteiger partial charge in [0.1, 0.15) is 6.61 Å². The Balaban J connectivity index is 1.58. The first-order valence-corrected chi connectivity index (χ1v) is 7.48. The van der Waals surface area contributed by atoms with Gasteiger partial charge in [-0.2, -0.15) is 5.10 Å². The minimum Gasteiger partial charge on any atom is -0.485 e. The topological polar surface area (TPSA) is 59.9 Å². The molecule has 1 N–H and O–H groups in total. The molecule has 0 fully saturated rings. The fourth-order valence-corrected chi connectivity index (χ4v) is 2.20. The molecule has 6 heteroatoms. The molecule has 1 amide bonds. The molecule has 1 aliphatic heterocycles. The van der Waals surface area contributed by atoms with Crippen molar-refractivity contribution in [2.75, 3.05) is 6.61 Å². The monoisotopic (exact) mass is 360 g/mol. The summed E-state index contributed by atoms with van der Waals surface area (Å²) >= 11 is 3.36. The Morgan fingerprint density at radius 2 is 1.91 bits per heavy atom. The zero-order chi connectivity index (χ0) is 15.4. The quantitative estimate of drug-likeness (QED) is 0.676. The standard InChI is InChI=1S/C16H13BrN2O3/c17-12-7-5-11(6-8-12)9-18-19-16(20)15-10-21-13-3-1-2-4-14(13)22-15/h1-9,15H,10H2,(H,19,20)/t15-/m1/s1. The number of carbonyl (C=O) groups is 1. The van der Waals surface area contributed by atoms with Crippen LogP contribution in [0.25, 0.3) is 0 Å². The second-order valence-corrected chi connectivity index (χ2v) is 5.57. The van der Waals surface area contributed by atoms with Crippen LogP contribution in [0.5, 0.6) is 11.5 Å². The second-order valence-electron chi connectivity index (χ2n) is 4.65. The highest BCUT2D eigenvalue weighted by molar-refractivity contribution is 9.10. The van der Waals surface area contributed by atoms with Gasteiger partial charge in [0.05, 0.1) is 6.21 Å². The van der Waals surface area contributed by atoms with E-state index in [-0.39, 0.29) is 12.5 Å². The highest BCUT2D eigenvalue weighted by atomic mass is 79.9. The molecule has 0 saturated carbocycles. The summed E-state index contributed by atoms with van der Waals surface area (Å²) in [4.78, 5) is 12.0. The third-order valence-electron chi connectivity index (χ3n) is 3.06. The zero-order valence-electron chi connectivity index (χ0n) is 11.5. The number of amides is 1. The number of para-hydroxylation sites is 2. The highest BCUT2D eigenvalue weighted by Gasteiger charge is 2.26. The van der Waals surface area contributed by atoms with Gasteiger partial charge in [0, 0.05) is 4.47 Å². The van der Waals surface area contributed by atoms with E-state index in [2.05, 4.69) is 26.5 Å². The Kier molecular flexibility index (Phi) is 4.39.